The first-order chi connectivity index (χ1) is 14.1. The molecule has 160 valence electrons. The van der Waals surface area contributed by atoms with Crippen LogP contribution in [0.1, 0.15) is 18.1 Å². The molecule has 0 spiro atoms. The highest BCUT2D eigenvalue weighted by atomic mass is 32.1. The maximum absolute atomic E-state index is 14.2. The van der Waals surface area contributed by atoms with E-state index >= 15 is 0 Å². The fourth-order valence-electron chi connectivity index (χ4n) is 2.66. The molecule has 0 bridgehead atoms. The Balaban J connectivity index is 2.23. The zero-order chi connectivity index (χ0) is 22.5. The molecule has 0 saturated heterocycles. The number of alkyl halides is 3. The molecule has 0 unspecified atom stereocenters. The first-order valence-electron chi connectivity index (χ1n) is 8.57. The van der Waals surface area contributed by atoms with E-state index < -0.39 is 17.6 Å². The molecule has 0 radical (unpaired) electrons. The number of methoxy groups -OCH3 is 1. The Morgan fingerprint density at radius 1 is 1.10 bits per heavy atom. The Morgan fingerprint density at radius 2 is 1.67 bits per heavy atom. The molecule has 0 heterocycles. The summed E-state index contributed by atoms with van der Waals surface area (Å²) in [7, 11) is 3.00. The highest BCUT2D eigenvalue weighted by Crippen LogP contribution is 2.33. The molecular weight excluding hydrogens is 420 g/mol. The van der Waals surface area contributed by atoms with Gasteiger partial charge >= 0.3 is 6.18 Å². The summed E-state index contributed by atoms with van der Waals surface area (Å²) >= 11 is 5.22. The summed E-state index contributed by atoms with van der Waals surface area (Å²) in [6, 6.07) is 9.35. The molecule has 0 aromatic heterocycles. The number of halogens is 4. The molecule has 2 N–H and O–H groups in total. The summed E-state index contributed by atoms with van der Waals surface area (Å²) in [5.41, 5.74) is 0.700. The number of benzene rings is 2. The van der Waals surface area contributed by atoms with Gasteiger partial charge in [-0.2, -0.15) is 18.3 Å². The first kappa shape index (κ1) is 23.1. The number of hydrogen-bond acceptors (Lipinski definition) is 4. The molecule has 2 aromatic carbocycles. The van der Waals surface area contributed by atoms with Crippen LogP contribution >= 0.6 is 12.2 Å². The van der Waals surface area contributed by atoms with E-state index in [4.69, 9.17) is 17.0 Å². The third-order valence-corrected chi connectivity index (χ3v) is 4.25. The fourth-order valence-corrected chi connectivity index (χ4v) is 2.90. The predicted molar refractivity (Wildman–Crippen MR) is 115 cm³/mol. The van der Waals surface area contributed by atoms with Crippen molar-refractivity contribution >= 4 is 41.1 Å². The van der Waals surface area contributed by atoms with Crippen molar-refractivity contribution in [2.24, 2.45) is 5.10 Å². The lowest BCUT2D eigenvalue weighted by atomic mass is 10.1. The minimum Gasteiger partial charge on any atom is -0.496 e. The van der Waals surface area contributed by atoms with Crippen LogP contribution in [0.3, 0.4) is 0 Å². The molecule has 30 heavy (non-hydrogen) atoms. The molecule has 0 saturated carbocycles. The second-order valence-electron chi connectivity index (χ2n) is 6.12. The summed E-state index contributed by atoms with van der Waals surface area (Å²) < 4.78 is 57.4. The molecule has 0 amide bonds. The van der Waals surface area contributed by atoms with Gasteiger partial charge in [-0.1, -0.05) is 0 Å². The van der Waals surface area contributed by atoms with Crippen molar-refractivity contribution in [2.75, 3.05) is 24.8 Å². The number of anilines is 2. The van der Waals surface area contributed by atoms with Gasteiger partial charge in [0.15, 0.2) is 5.11 Å². The van der Waals surface area contributed by atoms with Gasteiger partial charge in [0.1, 0.15) is 17.3 Å². The lowest BCUT2D eigenvalue weighted by Gasteiger charge is -2.20. The molecule has 2 aromatic rings. The van der Waals surface area contributed by atoms with Gasteiger partial charge in [0, 0.05) is 30.7 Å². The summed E-state index contributed by atoms with van der Waals surface area (Å²) in [5, 5.41) is 10.8. The van der Waals surface area contributed by atoms with E-state index in [9.17, 15) is 17.6 Å². The number of hydrogen-bond donors (Lipinski definition) is 2. The zero-order valence-corrected chi connectivity index (χ0v) is 17.3. The third-order valence-electron chi connectivity index (χ3n) is 4.04. The minimum atomic E-state index is -4.41. The van der Waals surface area contributed by atoms with Gasteiger partial charge in [-0.15, -0.1) is 0 Å². The van der Waals surface area contributed by atoms with Crippen molar-refractivity contribution in [2.45, 2.75) is 13.1 Å². The summed E-state index contributed by atoms with van der Waals surface area (Å²) in [6.07, 6.45) is -4.41. The van der Waals surface area contributed by atoms with E-state index in [0.29, 0.717) is 22.7 Å². The molecule has 10 heteroatoms. The number of hydrazone groups is 1. The Bertz CT molecular complexity index is 954. The monoisotopic (exact) mass is 440 g/mol. The summed E-state index contributed by atoms with van der Waals surface area (Å²) in [6.45, 7) is 4.69. The molecule has 0 fully saturated rings. The Labute approximate surface area is 177 Å². The van der Waals surface area contributed by atoms with Crippen LogP contribution in [-0.2, 0) is 6.18 Å². The van der Waals surface area contributed by atoms with Gasteiger partial charge in [0.25, 0.3) is 0 Å². The smallest absolute Gasteiger partial charge is 0.416 e. The maximum Gasteiger partial charge on any atom is 0.416 e. The van der Waals surface area contributed by atoms with Crippen LogP contribution in [0, 0.1) is 0 Å². The SMILES string of the molecule is C=NN(C)/C(=C(\C)F)c1cc(NC(=S)Nc2ccc(C(F)(F)F)cc2)ccc1OC. The molecule has 0 aliphatic carbocycles. The van der Waals surface area contributed by atoms with Crippen LogP contribution in [0.15, 0.2) is 53.4 Å². The third kappa shape index (κ3) is 5.69. The zero-order valence-electron chi connectivity index (χ0n) is 16.5. The van der Waals surface area contributed by atoms with Crippen LogP contribution in [0.25, 0.3) is 5.70 Å². The average molecular weight is 440 g/mol. The first-order valence-corrected chi connectivity index (χ1v) is 8.98. The summed E-state index contributed by atoms with van der Waals surface area (Å²) in [4.78, 5) is 0. The molecule has 0 aliphatic heterocycles. The molecule has 0 aliphatic rings. The highest BCUT2D eigenvalue weighted by Gasteiger charge is 2.29. The number of nitrogens with zero attached hydrogens (tertiary/aromatic N) is 2. The normalized spacial score (nSPS) is 12.0. The fraction of sp³-hybridized carbons (Fsp3) is 0.200. The standard InChI is InChI=1S/C20H20F4N4OS/c1-12(21)18(28(3)25-2)16-11-15(9-10-17(16)29-4)27-19(30)26-14-7-5-13(6-8-14)20(22,23)24/h5-11H,2H2,1,3-4H3,(H2,26,27,30)/b18-12+. The van der Waals surface area contributed by atoms with Gasteiger partial charge in [0.2, 0.25) is 0 Å². The van der Waals surface area contributed by atoms with Crippen molar-refractivity contribution in [3.05, 3.63) is 59.4 Å². The van der Waals surface area contributed by atoms with Crippen LogP contribution in [0.2, 0.25) is 0 Å². The van der Waals surface area contributed by atoms with Crippen molar-refractivity contribution in [1.29, 1.82) is 0 Å². The molecule has 2 rings (SSSR count). The van der Waals surface area contributed by atoms with Crippen LogP contribution in [-0.4, -0.2) is 31.0 Å². The van der Waals surface area contributed by atoms with Crippen LogP contribution in [0.5, 0.6) is 5.75 Å². The number of thiocarbonyl (C=S) groups is 1. The number of rotatable bonds is 6. The van der Waals surface area contributed by atoms with Gasteiger partial charge in [-0.3, -0.25) is 5.01 Å². The lowest BCUT2D eigenvalue weighted by Crippen LogP contribution is -2.19. The number of ether oxygens (including phenoxy) is 1. The highest BCUT2D eigenvalue weighted by molar-refractivity contribution is 7.80. The van der Waals surface area contributed by atoms with E-state index in [0.717, 1.165) is 12.1 Å². The van der Waals surface area contributed by atoms with Crippen molar-refractivity contribution in [1.82, 2.24) is 5.01 Å². The Hall–Kier alpha value is -3.14. The second kappa shape index (κ2) is 9.57. The van der Waals surface area contributed by atoms with E-state index in [2.05, 4.69) is 22.5 Å². The number of allylic oxidation sites excluding steroid dienone is 1. The minimum absolute atomic E-state index is 0.142. The largest absolute Gasteiger partial charge is 0.496 e. The molecule has 5 nitrogen and oxygen atoms in total. The molecular formula is C20H20F4N4OS. The van der Waals surface area contributed by atoms with E-state index in [-0.39, 0.29) is 10.8 Å². The van der Waals surface area contributed by atoms with Gasteiger partial charge in [0.05, 0.1) is 12.7 Å². The van der Waals surface area contributed by atoms with Gasteiger partial charge in [-0.25, -0.2) is 4.39 Å². The summed E-state index contributed by atoms with van der Waals surface area (Å²) in [5.74, 6) is -0.0875. The number of nitrogens with one attached hydrogen (secondary N) is 2. The Kier molecular flexibility index (Phi) is 7.38. The second-order valence-corrected chi connectivity index (χ2v) is 6.52. The van der Waals surface area contributed by atoms with Crippen molar-refractivity contribution in [3.8, 4) is 5.75 Å². The lowest BCUT2D eigenvalue weighted by molar-refractivity contribution is -0.137. The van der Waals surface area contributed by atoms with Crippen LogP contribution < -0.4 is 15.4 Å². The van der Waals surface area contributed by atoms with Crippen molar-refractivity contribution < 1.29 is 22.3 Å². The van der Waals surface area contributed by atoms with E-state index in [1.165, 1.54) is 31.2 Å². The van der Waals surface area contributed by atoms with Crippen molar-refractivity contribution in [3.63, 3.8) is 0 Å². The van der Waals surface area contributed by atoms with Gasteiger partial charge in [-0.05, 0) is 61.6 Å². The predicted octanol–water partition coefficient (Wildman–Crippen LogP) is 5.73. The topological polar surface area (TPSA) is 48.9 Å². The van der Waals surface area contributed by atoms with Gasteiger partial charge < -0.3 is 15.4 Å². The molecule has 0 atom stereocenters. The van der Waals surface area contributed by atoms with E-state index in [1.807, 2.05) is 0 Å². The quantitative estimate of drug-likeness (QED) is 0.260. The Morgan fingerprint density at radius 3 is 2.17 bits per heavy atom. The van der Waals surface area contributed by atoms with E-state index in [1.54, 1.807) is 25.2 Å². The average Bonchev–Trinajstić information content (AvgIpc) is 2.67. The maximum atomic E-state index is 14.2. The van der Waals surface area contributed by atoms with Crippen LogP contribution in [0.4, 0.5) is 28.9 Å².